The van der Waals surface area contributed by atoms with E-state index in [-0.39, 0.29) is 6.16 Å². The van der Waals surface area contributed by atoms with E-state index in [0.29, 0.717) is 6.54 Å². The second kappa shape index (κ2) is 4.38. The topological polar surface area (TPSA) is 69.6 Å². The molecule has 3 N–H and O–H groups in total. The van der Waals surface area contributed by atoms with Crippen LogP contribution >= 0.6 is 7.60 Å². The zero-order valence-electron chi connectivity index (χ0n) is 8.37. The van der Waals surface area contributed by atoms with Crippen LogP contribution < -0.4 is 5.32 Å². The molecule has 0 saturated heterocycles. The van der Waals surface area contributed by atoms with E-state index in [9.17, 15) is 4.57 Å². The highest BCUT2D eigenvalue weighted by molar-refractivity contribution is 7.51. The number of rotatable bonds is 5. The van der Waals surface area contributed by atoms with Crippen LogP contribution in [-0.2, 0) is 4.57 Å². The molecule has 5 heteroatoms. The standard InChI is InChI=1S/C8H18NO3P/c1-7(2)5-9-8(3,4)6-13(10,11)12/h9H,1,5-6H2,2-4H3,(H2,10,11,12). The second-order valence-electron chi connectivity index (χ2n) is 4.02. The van der Waals surface area contributed by atoms with Gasteiger partial charge in [0.2, 0.25) is 0 Å². The largest absolute Gasteiger partial charge is 0.327 e. The van der Waals surface area contributed by atoms with Gasteiger partial charge in [-0.1, -0.05) is 12.2 Å². The van der Waals surface area contributed by atoms with Crippen LogP contribution in [0, 0.1) is 0 Å². The minimum Gasteiger partial charge on any atom is -0.324 e. The third-order valence-corrected chi connectivity index (χ3v) is 2.67. The summed E-state index contributed by atoms with van der Waals surface area (Å²) >= 11 is 0. The van der Waals surface area contributed by atoms with E-state index >= 15 is 0 Å². The van der Waals surface area contributed by atoms with Crippen molar-refractivity contribution in [2.75, 3.05) is 12.7 Å². The molecule has 0 heterocycles. The highest BCUT2D eigenvalue weighted by atomic mass is 31.2. The summed E-state index contributed by atoms with van der Waals surface area (Å²) in [6.45, 7) is 9.65. The molecule has 0 aromatic rings. The van der Waals surface area contributed by atoms with Crippen LogP contribution in [0.3, 0.4) is 0 Å². The van der Waals surface area contributed by atoms with Gasteiger partial charge in [-0.2, -0.15) is 0 Å². The molecule has 4 nitrogen and oxygen atoms in total. The SMILES string of the molecule is C=C(C)CNC(C)(C)CP(=O)(O)O. The van der Waals surface area contributed by atoms with E-state index in [0.717, 1.165) is 5.57 Å². The molecule has 0 amide bonds. The molecule has 0 aromatic heterocycles. The molecule has 0 aliphatic rings. The molecule has 0 unspecified atom stereocenters. The quantitative estimate of drug-likeness (QED) is 0.466. The maximum Gasteiger partial charge on any atom is 0.327 e. The van der Waals surface area contributed by atoms with Crippen LogP contribution in [0.1, 0.15) is 20.8 Å². The molecule has 0 spiro atoms. The Morgan fingerprint density at radius 1 is 1.54 bits per heavy atom. The Balaban J connectivity index is 4.09. The Hall–Kier alpha value is -0.150. The van der Waals surface area contributed by atoms with E-state index in [1.165, 1.54) is 0 Å². The summed E-state index contributed by atoms with van der Waals surface area (Å²) in [5, 5.41) is 3.02. The first-order valence-corrected chi connectivity index (χ1v) is 5.86. The first kappa shape index (κ1) is 12.8. The minimum absolute atomic E-state index is 0.159. The first-order valence-electron chi connectivity index (χ1n) is 4.06. The third-order valence-electron chi connectivity index (χ3n) is 1.47. The van der Waals surface area contributed by atoms with Crippen LogP contribution in [0.15, 0.2) is 12.2 Å². The Morgan fingerprint density at radius 3 is 2.31 bits per heavy atom. The lowest BCUT2D eigenvalue weighted by atomic mass is 10.1. The Labute approximate surface area is 79.2 Å². The minimum atomic E-state index is -3.94. The highest BCUT2D eigenvalue weighted by Gasteiger charge is 2.27. The van der Waals surface area contributed by atoms with Crippen molar-refractivity contribution < 1.29 is 14.4 Å². The van der Waals surface area contributed by atoms with Crippen molar-refractivity contribution in [3.05, 3.63) is 12.2 Å². The van der Waals surface area contributed by atoms with Crippen LogP contribution in [0.2, 0.25) is 0 Å². The Kier molecular flexibility index (Phi) is 4.33. The average Bonchev–Trinajstić information content (AvgIpc) is 1.78. The predicted octanol–water partition coefficient (Wildman–Crippen LogP) is 1.11. The van der Waals surface area contributed by atoms with E-state index in [1.807, 2.05) is 6.92 Å². The molecule has 0 aliphatic heterocycles. The maximum atomic E-state index is 10.7. The number of hydrogen-bond donors (Lipinski definition) is 3. The molecule has 0 aromatic carbocycles. The van der Waals surface area contributed by atoms with Crippen molar-refractivity contribution in [1.29, 1.82) is 0 Å². The zero-order valence-corrected chi connectivity index (χ0v) is 9.27. The fourth-order valence-electron chi connectivity index (χ4n) is 0.961. The van der Waals surface area contributed by atoms with Gasteiger partial charge in [-0.3, -0.25) is 4.57 Å². The van der Waals surface area contributed by atoms with E-state index in [1.54, 1.807) is 13.8 Å². The summed E-state index contributed by atoms with van der Waals surface area (Å²) in [7, 11) is -3.94. The van der Waals surface area contributed by atoms with Gasteiger partial charge in [0.15, 0.2) is 0 Å². The second-order valence-corrected chi connectivity index (χ2v) is 5.66. The summed E-state index contributed by atoms with van der Waals surface area (Å²) in [5.41, 5.74) is 0.386. The summed E-state index contributed by atoms with van der Waals surface area (Å²) < 4.78 is 10.7. The normalized spacial score (nSPS) is 13.0. The maximum absolute atomic E-state index is 10.7. The molecular formula is C8H18NO3P. The monoisotopic (exact) mass is 207 g/mol. The molecule has 0 radical (unpaired) electrons. The lowest BCUT2D eigenvalue weighted by Gasteiger charge is -2.26. The summed E-state index contributed by atoms with van der Waals surface area (Å²) in [4.78, 5) is 17.5. The summed E-state index contributed by atoms with van der Waals surface area (Å²) in [6, 6.07) is 0. The highest BCUT2D eigenvalue weighted by Crippen LogP contribution is 2.37. The van der Waals surface area contributed by atoms with Gasteiger partial charge in [0.05, 0.1) is 6.16 Å². The smallest absolute Gasteiger partial charge is 0.324 e. The van der Waals surface area contributed by atoms with E-state index < -0.39 is 13.1 Å². The molecule has 0 saturated carbocycles. The molecule has 78 valence electrons. The van der Waals surface area contributed by atoms with Gasteiger partial charge in [0, 0.05) is 12.1 Å². The lowest BCUT2D eigenvalue weighted by molar-refractivity contribution is 0.344. The van der Waals surface area contributed by atoms with Gasteiger partial charge in [-0.15, -0.1) is 0 Å². The van der Waals surface area contributed by atoms with Crippen molar-refractivity contribution in [2.24, 2.45) is 0 Å². The Bertz CT molecular complexity index is 232. The van der Waals surface area contributed by atoms with Crippen molar-refractivity contribution in [1.82, 2.24) is 5.32 Å². The van der Waals surface area contributed by atoms with Gasteiger partial charge in [0.1, 0.15) is 0 Å². The van der Waals surface area contributed by atoms with Gasteiger partial charge in [-0.05, 0) is 20.8 Å². The Morgan fingerprint density at radius 2 is 2.00 bits per heavy atom. The van der Waals surface area contributed by atoms with Crippen LogP contribution in [0.25, 0.3) is 0 Å². The molecule has 0 atom stereocenters. The summed E-state index contributed by atoms with van der Waals surface area (Å²) in [6.07, 6.45) is -0.159. The molecule has 0 bridgehead atoms. The van der Waals surface area contributed by atoms with E-state index in [2.05, 4.69) is 11.9 Å². The third kappa shape index (κ3) is 8.19. The van der Waals surface area contributed by atoms with Crippen molar-refractivity contribution in [3.63, 3.8) is 0 Å². The fraction of sp³-hybridized carbons (Fsp3) is 0.750. The van der Waals surface area contributed by atoms with Crippen molar-refractivity contribution in [2.45, 2.75) is 26.3 Å². The molecule has 0 fully saturated rings. The molecule has 0 rings (SSSR count). The summed E-state index contributed by atoms with van der Waals surface area (Å²) in [5.74, 6) is 0. The number of nitrogens with one attached hydrogen (secondary N) is 1. The predicted molar refractivity (Wildman–Crippen MR) is 53.8 cm³/mol. The van der Waals surface area contributed by atoms with Crippen molar-refractivity contribution >= 4 is 7.60 Å². The van der Waals surface area contributed by atoms with Crippen LogP contribution in [-0.4, -0.2) is 28.0 Å². The van der Waals surface area contributed by atoms with Crippen LogP contribution in [0.5, 0.6) is 0 Å². The average molecular weight is 207 g/mol. The van der Waals surface area contributed by atoms with E-state index in [4.69, 9.17) is 9.79 Å². The van der Waals surface area contributed by atoms with Gasteiger partial charge in [0.25, 0.3) is 0 Å². The molecule has 13 heavy (non-hydrogen) atoms. The lowest BCUT2D eigenvalue weighted by Crippen LogP contribution is -2.43. The van der Waals surface area contributed by atoms with Crippen molar-refractivity contribution in [3.8, 4) is 0 Å². The first-order chi connectivity index (χ1) is 5.62. The molecule has 0 aliphatic carbocycles. The number of hydrogen-bond acceptors (Lipinski definition) is 2. The van der Waals surface area contributed by atoms with Gasteiger partial charge >= 0.3 is 7.60 Å². The van der Waals surface area contributed by atoms with Gasteiger partial charge < -0.3 is 15.1 Å². The molecular weight excluding hydrogens is 189 g/mol. The zero-order chi connectivity index (χ0) is 10.7. The van der Waals surface area contributed by atoms with Crippen LogP contribution in [0.4, 0.5) is 0 Å². The fourth-order valence-corrected chi connectivity index (χ4v) is 2.10. The van der Waals surface area contributed by atoms with Gasteiger partial charge in [-0.25, -0.2) is 0 Å².